The Morgan fingerprint density at radius 3 is 1.89 bits per heavy atom. The average Bonchev–Trinajstić information content (AvgIpc) is 2.93. The summed E-state index contributed by atoms with van der Waals surface area (Å²) in [5.41, 5.74) is -0.228. The lowest BCUT2D eigenvalue weighted by molar-refractivity contribution is -0.0926. The molecule has 1 amide bonds. The van der Waals surface area contributed by atoms with Crippen LogP contribution in [-0.2, 0) is 23.0 Å². The molecule has 0 aliphatic heterocycles. The first-order chi connectivity index (χ1) is 18.3. The molecule has 0 heterocycles. The van der Waals surface area contributed by atoms with Gasteiger partial charge in [0.2, 0.25) is 10.0 Å². The highest BCUT2D eigenvalue weighted by Crippen LogP contribution is 2.36. The van der Waals surface area contributed by atoms with Gasteiger partial charge in [0.25, 0.3) is 0 Å². The summed E-state index contributed by atoms with van der Waals surface area (Å²) in [5.74, 6) is 0. The summed E-state index contributed by atoms with van der Waals surface area (Å²) in [6.45, 7) is 0.119. The molecule has 7 nitrogen and oxygen atoms in total. The first kappa shape index (κ1) is 27.8. The smallest absolute Gasteiger partial charge is 0.407 e. The number of aliphatic hydroxyl groups is 1. The van der Waals surface area contributed by atoms with Crippen LogP contribution >= 0.6 is 0 Å². The highest BCUT2D eigenvalue weighted by atomic mass is 32.2. The van der Waals surface area contributed by atoms with Crippen LogP contribution in [0.4, 0.5) is 4.79 Å². The number of nitrogens with zero attached hydrogens (tertiary/aromatic N) is 2. The fourth-order valence-corrected chi connectivity index (χ4v) is 7.28. The molecule has 202 valence electrons. The number of benzene rings is 3. The summed E-state index contributed by atoms with van der Waals surface area (Å²) in [6.07, 6.45) is 2.94. The lowest BCUT2D eigenvalue weighted by Gasteiger charge is -2.45. The van der Waals surface area contributed by atoms with Crippen LogP contribution in [0.3, 0.4) is 0 Å². The standard InChI is InChI=1S/C30H36N2O5S/c33-29(34)31(24-26-15-7-2-8-16-26)22-21-30(35,23-25-13-5-1-6-14-25)32(27-17-9-3-10-18-27)38(36,37)28-19-11-4-12-20-28/h1-2,4-8,11-16,19-20,27,35H,3,9-10,17-18,21-24H2,(H,33,34). The quantitative estimate of drug-likeness (QED) is 0.315. The molecule has 2 N–H and O–H groups in total. The fourth-order valence-electron chi connectivity index (χ4n) is 5.34. The summed E-state index contributed by atoms with van der Waals surface area (Å²) >= 11 is 0. The SMILES string of the molecule is O=C(O)N(CCC(O)(Cc1ccccc1)N(C1CCCCC1)S(=O)(=O)c1ccccc1)Cc1ccccc1. The summed E-state index contributed by atoms with van der Waals surface area (Å²) in [6, 6.07) is 26.4. The monoisotopic (exact) mass is 536 g/mol. The third kappa shape index (κ3) is 6.81. The third-order valence-corrected chi connectivity index (χ3v) is 9.24. The maximum Gasteiger partial charge on any atom is 0.407 e. The van der Waals surface area contributed by atoms with E-state index in [0.717, 1.165) is 30.4 Å². The third-order valence-electron chi connectivity index (χ3n) is 7.22. The van der Waals surface area contributed by atoms with Gasteiger partial charge >= 0.3 is 6.09 Å². The minimum atomic E-state index is -4.09. The number of amides is 1. The van der Waals surface area contributed by atoms with Crippen molar-refractivity contribution >= 4 is 16.1 Å². The van der Waals surface area contributed by atoms with Gasteiger partial charge in [-0.25, -0.2) is 13.2 Å². The molecule has 1 aliphatic rings. The van der Waals surface area contributed by atoms with Crippen LogP contribution in [0.2, 0.25) is 0 Å². The van der Waals surface area contributed by atoms with Crippen molar-refractivity contribution in [3.05, 3.63) is 102 Å². The Hall–Kier alpha value is -3.20. The molecule has 38 heavy (non-hydrogen) atoms. The second-order valence-corrected chi connectivity index (χ2v) is 11.8. The van der Waals surface area contributed by atoms with Crippen LogP contribution in [0.15, 0.2) is 95.9 Å². The van der Waals surface area contributed by atoms with Crippen LogP contribution in [-0.4, -0.2) is 52.2 Å². The molecule has 1 saturated carbocycles. The number of hydrogen-bond acceptors (Lipinski definition) is 4. The maximum atomic E-state index is 14.2. The fraction of sp³-hybridized carbons (Fsp3) is 0.367. The molecule has 0 aromatic heterocycles. The first-order valence-corrected chi connectivity index (χ1v) is 14.6. The molecule has 0 bridgehead atoms. The first-order valence-electron chi connectivity index (χ1n) is 13.2. The molecule has 0 radical (unpaired) electrons. The predicted octanol–water partition coefficient (Wildman–Crippen LogP) is 5.51. The van der Waals surface area contributed by atoms with Gasteiger partial charge in [-0.3, -0.25) is 0 Å². The van der Waals surface area contributed by atoms with Crippen molar-refractivity contribution < 1.29 is 23.4 Å². The minimum absolute atomic E-state index is 0.0267. The minimum Gasteiger partial charge on any atom is -0.465 e. The van der Waals surface area contributed by atoms with Crippen molar-refractivity contribution in [2.45, 2.75) is 68.2 Å². The van der Waals surface area contributed by atoms with Crippen molar-refractivity contribution in [3.63, 3.8) is 0 Å². The molecular weight excluding hydrogens is 500 g/mol. The number of carboxylic acid groups (broad SMARTS) is 1. The molecule has 0 saturated heterocycles. The lowest BCUT2D eigenvalue weighted by Crippen LogP contribution is -2.59. The van der Waals surface area contributed by atoms with Crippen molar-refractivity contribution in [1.29, 1.82) is 0 Å². The second-order valence-electron chi connectivity index (χ2n) is 9.99. The lowest BCUT2D eigenvalue weighted by atomic mass is 9.91. The second kappa shape index (κ2) is 12.6. The van der Waals surface area contributed by atoms with E-state index in [1.807, 2.05) is 60.7 Å². The number of carbonyl (C=O) groups is 1. The number of rotatable bonds is 11. The van der Waals surface area contributed by atoms with Gasteiger partial charge in [-0.2, -0.15) is 4.31 Å². The van der Waals surface area contributed by atoms with Gasteiger partial charge in [0.15, 0.2) is 0 Å². The summed E-state index contributed by atoms with van der Waals surface area (Å²) in [7, 11) is -4.09. The van der Waals surface area contributed by atoms with E-state index in [1.54, 1.807) is 30.3 Å². The molecule has 3 aromatic rings. The Kier molecular flexibility index (Phi) is 9.20. The number of sulfonamides is 1. The zero-order valence-corrected chi connectivity index (χ0v) is 22.3. The molecule has 3 aromatic carbocycles. The van der Waals surface area contributed by atoms with Gasteiger partial charge in [-0.15, -0.1) is 0 Å². The van der Waals surface area contributed by atoms with E-state index >= 15 is 0 Å². The average molecular weight is 537 g/mol. The van der Waals surface area contributed by atoms with E-state index in [1.165, 1.54) is 9.21 Å². The van der Waals surface area contributed by atoms with E-state index in [9.17, 15) is 23.4 Å². The Balaban J connectivity index is 1.73. The highest BCUT2D eigenvalue weighted by molar-refractivity contribution is 7.89. The van der Waals surface area contributed by atoms with Crippen molar-refractivity contribution in [3.8, 4) is 0 Å². The van der Waals surface area contributed by atoms with Crippen molar-refractivity contribution in [2.24, 2.45) is 0 Å². The van der Waals surface area contributed by atoms with E-state index in [-0.39, 0.29) is 36.9 Å². The van der Waals surface area contributed by atoms with Gasteiger partial charge in [-0.05, 0) is 36.1 Å². The summed E-state index contributed by atoms with van der Waals surface area (Å²) in [4.78, 5) is 13.5. The van der Waals surface area contributed by atoms with E-state index < -0.39 is 21.8 Å². The zero-order valence-electron chi connectivity index (χ0n) is 21.5. The summed E-state index contributed by atoms with van der Waals surface area (Å²) in [5, 5.41) is 22.4. The van der Waals surface area contributed by atoms with Crippen LogP contribution in [0.25, 0.3) is 0 Å². The largest absolute Gasteiger partial charge is 0.465 e. The number of hydrogen-bond donors (Lipinski definition) is 2. The van der Waals surface area contributed by atoms with E-state index in [2.05, 4.69) is 0 Å². The molecule has 8 heteroatoms. The van der Waals surface area contributed by atoms with Gasteiger partial charge in [-0.1, -0.05) is 98.1 Å². The molecule has 1 aliphatic carbocycles. The predicted molar refractivity (Wildman–Crippen MR) is 147 cm³/mol. The van der Waals surface area contributed by atoms with Gasteiger partial charge in [0.1, 0.15) is 5.72 Å². The van der Waals surface area contributed by atoms with Gasteiger partial charge < -0.3 is 15.1 Å². The van der Waals surface area contributed by atoms with Gasteiger partial charge in [0.05, 0.1) is 4.90 Å². The Morgan fingerprint density at radius 2 is 1.34 bits per heavy atom. The molecule has 1 atom stereocenters. The summed E-state index contributed by atoms with van der Waals surface area (Å²) < 4.78 is 29.7. The Bertz CT molecular complexity index is 1270. The topological polar surface area (TPSA) is 98.1 Å². The van der Waals surface area contributed by atoms with Crippen LogP contribution in [0.5, 0.6) is 0 Å². The van der Waals surface area contributed by atoms with E-state index in [4.69, 9.17) is 0 Å². The van der Waals surface area contributed by atoms with E-state index in [0.29, 0.717) is 12.8 Å². The molecule has 0 spiro atoms. The van der Waals surface area contributed by atoms with Gasteiger partial charge in [0, 0.05) is 32.0 Å². The van der Waals surface area contributed by atoms with Crippen molar-refractivity contribution in [1.82, 2.24) is 9.21 Å². The van der Waals surface area contributed by atoms with Crippen LogP contribution in [0.1, 0.15) is 49.7 Å². The Labute approximate surface area is 225 Å². The molecule has 1 fully saturated rings. The van der Waals surface area contributed by atoms with Crippen LogP contribution in [0, 0.1) is 0 Å². The zero-order chi connectivity index (χ0) is 27.0. The molecule has 4 rings (SSSR count). The molecule has 1 unspecified atom stereocenters. The van der Waals surface area contributed by atoms with Crippen molar-refractivity contribution in [2.75, 3.05) is 6.54 Å². The normalized spacial score (nSPS) is 16.2. The van der Waals surface area contributed by atoms with Crippen LogP contribution < -0.4 is 0 Å². The Morgan fingerprint density at radius 1 is 0.816 bits per heavy atom. The maximum absolute atomic E-state index is 14.2. The molecular formula is C30H36N2O5S. The highest BCUT2D eigenvalue weighted by Gasteiger charge is 2.47.